The second-order valence-corrected chi connectivity index (χ2v) is 5.65. The molecule has 6 heteroatoms. The number of hydrogen-bond acceptors (Lipinski definition) is 4. The van der Waals surface area contributed by atoms with Gasteiger partial charge in [-0.3, -0.25) is 9.52 Å². The summed E-state index contributed by atoms with van der Waals surface area (Å²) >= 11 is 0. The minimum atomic E-state index is -3.45. The first kappa shape index (κ1) is 10.5. The summed E-state index contributed by atoms with van der Waals surface area (Å²) in [6.45, 7) is 4.21. The third-order valence-corrected chi connectivity index (χ3v) is 3.74. The van der Waals surface area contributed by atoms with Crippen molar-refractivity contribution in [3.8, 4) is 0 Å². The molecular weight excluding hydrogens is 192 g/mol. The molecule has 0 aromatic heterocycles. The average Bonchev–Trinajstić information content (AvgIpc) is 1.80. The first-order valence-electron chi connectivity index (χ1n) is 4.19. The fourth-order valence-corrected chi connectivity index (χ4v) is 1.50. The number of amides is 1. The highest BCUT2D eigenvalue weighted by molar-refractivity contribution is 7.90. The van der Waals surface area contributed by atoms with Crippen LogP contribution in [0, 0.1) is 5.92 Å². The second-order valence-electron chi connectivity index (χ2n) is 3.42. The molecule has 1 aliphatic heterocycles. The van der Waals surface area contributed by atoms with Crippen molar-refractivity contribution in [2.75, 3.05) is 13.1 Å². The number of hydrogen-bond donors (Lipinski definition) is 2. The largest absolute Gasteiger partial charge is 0.315 e. The lowest BCUT2D eigenvalue weighted by Crippen LogP contribution is -2.52. The monoisotopic (exact) mass is 206 g/mol. The number of rotatable bonds is 3. The van der Waals surface area contributed by atoms with Crippen LogP contribution in [0.4, 0.5) is 0 Å². The Hall–Kier alpha value is -0.620. The van der Waals surface area contributed by atoms with E-state index in [9.17, 15) is 13.2 Å². The molecular formula is C7H14N2O3S. The van der Waals surface area contributed by atoms with E-state index in [-0.39, 0.29) is 5.92 Å². The Morgan fingerprint density at radius 2 is 2.00 bits per heavy atom. The Labute approximate surface area is 77.9 Å². The average molecular weight is 206 g/mol. The second kappa shape index (κ2) is 3.63. The van der Waals surface area contributed by atoms with Gasteiger partial charge < -0.3 is 5.32 Å². The molecule has 1 saturated heterocycles. The van der Waals surface area contributed by atoms with Crippen molar-refractivity contribution in [1.29, 1.82) is 0 Å². The van der Waals surface area contributed by atoms with Gasteiger partial charge in [-0.05, 0) is 13.8 Å². The molecule has 1 fully saturated rings. The number of sulfonamides is 1. The van der Waals surface area contributed by atoms with E-state index in [4.69, 9.17) is 0 Å². The van der Waals surface area contributed by atoms with Crippen LogP contribution in [0.5, 0.6) is 0 Å². The minimum Gasteiger partial charge on any atom is -0.315 e. The van der Waals surface area contributed by atoms with Gasteiger partial charge in [-0.2, -0.15) is 0 Å². The lowest BCUT2D eigenvalue weighted by Gasteiger charge is -2.25. The van der Waals surface area contributed by atoms with Gasteiger partial charge in [0.2, 0.25) is 15.9 Å². The van der Waals surface area contributed by atoms with E-state index in [1.807, 2.05) is 0 Å². The predicted molar refractivity (Wildman–Crippen MR) is 48.6 cm³/mol. The number of carbonyl (C=O) groups excluding carboxylic acids is 1. The van der Waals surface area contributed by atoms with Crippen molar-refractivity contribution in [3.05, 3.63) is 0 Å². The first-order valence-corrected chi connectivity index (χ1v) is 5.74. The summed E-state index contributed by atoms with van der Waals surface area (Å²) in [4.78, 5) is 11.2. The molecule has 0 unspecified atom stereocenters. The van der Waals surface area contributed by atoms with Crippen LogP contribution in [-0.2, 0) is 14.8 Å². The quantitative estimate of drug-likeness (QED) is 0.625. The highest BCUT2D eigenvalue weighted by Crippen LogP contribution is 2.04. The van der Waals surface area contributed by atoms with E-state index in [2.05, 4.69) is 10.0 Å². The van der Waals surface area contributed by atoms with Gasteiger partial charge in [0.1, 0.15) is 0 Å². The maximum Gasteiger partial charge on any atom is 0.239 e. The molecule has 2 N–H and O–H groups in total. The van der Waals surface area contributed by atoms with Crippen LogP contribution in [0.25, 0.3) is 0 Å². The lowest BCUT2D eigenvalue weighted by molar-refractivity contribution is -0.124. The SMILES string of the molecule is CC(C)S(=O)(=O)NC(=O)C1CNC1. The zero-order valence-electron chi connectivity index (χ0n) is 7.70. The van der Waals surface area contributed by atoms with Gasteiger partial charge in [-0.1, -0.05) is 0 Å². The van der Waals surface area contributed by atoms with Gasteiger partial charge in [0.25, 0.3) is 0 Å². The molecule has 5 nitrogen and oxygen atoms in total. The molecule has 0 atom stereocenters. The van der Waals surface area contributed by atoms with Crippen LogP contribution in [0.1, 0.15) is 13.8 Å². The zero-order valence-corrected chi connectivity index (χ0v) is 8.52. The Morgan fingerprint density at radius 3 is 2.31 bits per heavy atom. The standard InChI is InChI=1S/C7H14N2O3S/c1-5(2)13(11,12)9-7(10)6-3-8-4-6/h5-6,8H,3-4H2,1-2H3,(H,9,10). The third-order valence-electron chi connectivity index (χ3n) is 2.02. The van der Waals surface area contributed by atoms with Crippen LogP contribution in [0.2, 0.25) is 0 Å². The summed E-state index contributed by atoms with van der Waals surface area (Å²) in [6.07, 6.45) is 0. The molecule has 1 heterocycles. The van der Waals surface area contributed by atoms with E-state index in [1.54, 1.807) is 0 Å². The van der Waals surface area contributed by atoms with E-state index in [0.29, 0.717) is 13.1 Å². The van der Waals surface area contributed by atoms with Crippen molar-refractivity contribution in [3.63, 3.8) is 0 Å². The number of carbonyl (C=O) groups is 1. The smallest absolute Gasteiger partial charge is 0.239 e. The summed E-state index contributed by atoms with van der Waals surface area (Å²) in [5.41, 5.74) is 0. The Bertz CT molecular complexity index is 293. The Balaban J connectivity index is 2.52. The van der Waals surface area contributed by atoms with E-state index < -0.39 is 21.2 Å². The molecule has 76 valence electrons. The van der Waals surface area contributed by atoms with Crippen LogP contribution in [0.3, 0.4) is 0 Å². The van der Waals surface area contributed by atoms with E-state index in [0.717, 1.165) is 0 Å². The molecule has 0 radical (unpaired) electrons. The molecule has 1 rings (SSSR count). The third kappa shape index (κ3) is 2.41. The molecule has 0 aromatic rings. The summed E-state index contributed by atoms with van der Waals surface area (Å²) in [5, 5.41) is 2.34. The fraction of sp³-hybridized carbons (Fsp3) is 0.857. The predicted octanol–water partition coefficient (Wildman–Crippen LogP) is -0.940. The topological polar surface area (TPSA) is 75.3 Å². The maximum atomic E-state index is 11.2. The molecule has 1 aliphatic rings. The summed E-state index contributed by atoms with van der Waals surface area (Å²) < 4.78 is 24.5. The van der Waals surface area contributed by atoms with Crippen molar-refractivity contribution < 1.29 is 13.2 Å². The highest BCUT2D eigenvalue weighted by atomic mass is 32.2. The van der Waals surface area contributed by atoms with Gasteiger partial charge in [-0.25, -0.2) is 8.42 Å². The van der Waals surface area contributed by atoms with Crippen molar-refractivity contribution in [2.24, 2.45) is 5.92 Å². The van der Waals surface area contributed by atoms with Crippen molar-refractivity contribution in [2.45, 2.75) is 19.1 Å². The fourth-order valence-electron chi connectivity index (χ4n) is 0.815. The van der Waals surface area contributed by atoms with Crippen molar-refractivity contribution in [1.82, 2.24) is 10.0 Å². The zero-order chi connectivity index (χ0) is 10.1. The summed E-state index contributed by atoms with van der Waals surface area (Å²) in [7, 11) is -3.45. The number of nitrogens with one attached hydrogen (secondary N) is 2. The molecule has 0 aromatic carbocycles. The molecule has 0 bridgehead atoms. The molecule has 1 amide bonds. The van der Waals surface area contributed by atoms with Crippen LogP contribution < -0.4 is 10.0 Å². The van der Waals surface area contributed by atoms with Gasteiger partial charge in [-0.15, -0.1) is 0 Å². The van der Waals surface area contributed by atoms with Gasteiger partial charge in [0.05, 0.1) is 11.2 Å². The first-order chi connectivity index (χ1) is 5.93. The highest BCUT2D eigenvalue weighted by Gasteiger charge is 2.29. The normalized spacial score (nSPS) is 18.4. The van der Waals surface area contributed by atoms with Crippen LogP contribution in [-0.4, -0.2) is 32.7 Å². The van der Waals surface area contributed by atoms with E-state index in [1.165, 1.54) is 13.8 Å². The maximum absolute atomic E-state index is 11.2. The van der Waals surface area contributed by atoms with Gasteiger partial charge >= 0.3 is 0 Å². The van der Waals surface area contributed by atoms with Gasteiger partial charge in [0.15, 0.2) is 0 Å². The lowest BCUT2D eigenvalue weighted by atomic mass is 10.0. The van der Waals surface area contributed by atoms with Crippen molar-refractivity contribution >= 4 is 15.9 Å². The Kier molecular flexibility index (Phi) is 2.92. The summed E-state index contributed by atoms with van der Waals surface area (Å²) in [6, 6.07) is 0. The molecule has 0 spiro atoms. The van der Waals surface area contributed by atoms with Crippen LogP contribution in [0.15, 0.2) is 0 Å². The van der Waals surface area contributed by atoms with Gasteiger partial charge in [0, 0.05) is 13.1 Å². The molecule has 0 saturated carbocycles. The van der Waals surface area contributed by atoms with E-state index >= 15 is 0 Å². The molecule has 13 heavy (non-hydrogen) atoms. The Morgan fingerprint density at radius 1 is 1.46 bits per heavy atom. The molecule has 0 aliphatic carbocycles. The van der Waals surface area contributed by atoms with Crippen LogP contribution >= 0.6 is 0 Å². The summed E-state index contributed by atoms with van der Waals surface area (Å²) in [5.74, 6) is -0.582. The minimum absolute atomic E-state index is 0.187.